The predicted octanol–water partition coefficient (Wildman–Crippen LogP) is 3.38. The number of nitrogens with one attached hydrogen (secondary N) is 1. The van der Waals surface area contributed by atoms with Crippen molar-refractivity contribution in [1.29, 1.82) is 0 Å². The Bertz CT molecular complexity index is 819. The quantitative estimate of drug-likeness (QED) is 0.859. The molecule has 1 aromatic carbocycles. The molecule has 0 radical (unpaired) electrons. The number of ketones is 1. The molecule has 1 aliphatic rings. The number of rotatable bonds is 3. The van der Waals surface area contributed by atoms with Crippen LogP contribution in [0.1, 0.15) is 31.9 Å². The number of allylic oxidation sites excluding steroid dienone is 3. The number of carbonyl (C=O) groups is 2. The number of hydrogen-bond acceptors (Lipinski definition) is 4. The third-order valence-corrected chi connectivity index (χ3v) is 4.21. The van der Waals surface area contributed by atoms with Gasteiger partial charge in [0.2, 0.25) is 5.91 Å². The SMILES string of the molecule is CC(=O)NC1=C(C)C(=O)C(C)=CC1=Nc1c(C)cc(N(C)C)cc1C. The monoisotopic (exact) mass is 339 g/mol. The molecule has 132 valence electrons. The summed E-state index contributed by atoms with van der Waals surface area (Å²) in [4.78, 5) is 30.6. The van der Waals surface area contributed by atoms with Gasteiger partial charge in [0.25, 0.3) is 0 Å². The lowest BCUT2D eigenvalue weighted by molar-refractivity contribution is -0.118. The number of aliphatic imine (C=N–C) groups is 1. The molecule has 0 fully saturated rings. The molecule has 2 rings (SSSR count). The standard InChI is InChI=1S/C20H25N3O2/c1-11-8-16(23(6)7)9-12(2)18(11)22-17-10-13(3)20(25)14(4)19(17)21-15(5)24/h8-10H,1-7H3,(H,21,24). The summed E-state index contributed by atoms with van der Waals surface area (Å²) in [5, 5.41) is 2.76. The smallest absolute Gasteiger partial charge is 0.221 e. The van der Waals surface area contributed by atoms with Crippen LogP contribution < -0.4 is 10.2 Å². The maximum absolute atomic E-state index is 12.2. The van der Waals surface area contributed by atoms with E-state index < -0.39 is 0 Å². The zero-order valence-corrected chi connectivity index (χ0v) is 15.9. The molecule has 1 N–H and O–H groups in total. The number of nitrogens with zero attached hydrogens (tertiary/aromatic N) is 2. The van der Waals surface area contributed by atoms with Crippen LogP contribution in [0.4, 0.5) is 11.4 Å². The third-order valence-electron chi connectivity index (χ3n) is 4.21. The molecular weight excluding hydrogens is 314 g/mol. The lowest BCUT2D eigenvalue weighted by Gasteiger charge is -2.20. The van der Waals surface area contributed by atoms with Gasteiger partial charge in [0.05, 0.1) is 17.1 Å². The van der Waals surface area contributed by atoms with Crippen molar-refractivity contribution in [1.82, 2.24) is 5.32 Å². The molecular formula is C20H25N3O2. The van der Waals surface area contributed by atoms with Crippen LogP contribution in [0.3, 0.4) is 0 Å². The van der Waals surface area contributed by atoms with E-state index in [2.05, 4.69) is 17.4 Å². The van der Waals surface area contributed by atoms with Gasteiger partial charge in [0, 0.05) is 32.3 Å². The molecule has 1 aliphatic carbocycles. The fourth-order valence-corrected chi connectivity index (χ4v) is 2.85. The molecule has 1 amide bonds. The van der Waals surface area contributed by atoms with E-state index >= 15 is 0 Å². The van der Waals surface area contributed by atoms with Crippen molar-refractivity contribution >= 4 is 28.8 Å². The Morgan fingerprint density at radius 2 is 1.64 bits per heavy atom. The second kappa shape index (κ2) is 7.05. The number of hydrogen-bond donors (Lipinski definition) is 1. The van der Waals surface area contributed by atoms with Gasteiger partial charge in [0.15, 0.2) is 5.78 Å². The average Bonchev–Trinajstić information content (AvgIpc) is 2.51. The van der Waals surface area contributed by atoms with Gasteiger partial charge >= 0.3 is 0 Å². The Hall–Kier alpha value is -2.69. The molecule has 1 aromatic rings. The molecule has 25 heavy (non-hydrogen) atoms. The fraction of sp³-hybridized carbons (Fsp3) is 0.350. The van der Waals surface area contributed by atoms with Gasteiger partial charge in [-0.05, 0) is 62.6 Å². The Morgan fingerprint density at radius 1 is 1.08 bits per heavy atom. The zero-order valence-electron chi connectivity index (χ0n) is 15.9. The highest BCUT2D eigenvalue weighted by Crippen LogP contribution is 2.30. The normalized spacial score (nSPS) is 16.2. The van der Waals surface area contributed by atoms with Crippen LogP contribution in [-0.2, 0) is 9.59 Å². The molecule has 0 spiro atoms. The summed E-state index contributed by atoms with van der Waals surface area (Å²) in [5.41, 5.74) is 6.26. The summed E-state index contributed by atoms with van der Waals surface area (Å²) in [6.45, 7) is 8.93. The largest absolute Gasteiger partial charge is 0.378 e. The number of amides is 1. The van der Waals surface area contributed by atoms with Gasteiger partial charge in [-0.2, -0.15) is 0 Å². The van der Waals surface area contributed by atoms with E-state index in [-0.39, 0.29) is 11.7 Å². The molecule has 0 bridgehead atoms. The predicted molar refractivity (Wildman–Crippen MR) is 103 cm³/mol. The van der Waals surface area contributed by atoms with Crippen LogP contribution in [0.5, 0.6) is 0 Å². The average molecular weight is 339 g/mol. The molecule has 0 saturated carbocycles. The van der Waals surface area contributed by atoms with Crippen LogP contribution in [0, 0.1) is 13.8 Å². The number of aryl methyl sites for hydroxylation is 2. The molecule has 0 unspecified atom stereocenters. The van der Waals surface area contributed by atoms with Gasteiger partial charge in [-0.1, -0.05) is 0 Å². The first-order chi connectivity index (χ1) is 11.6. The highest BCUT2D eigenvalue weighted by atomic mass is 16.1. The van der Waals surface area contributed by atoms with E-state index in [9.17, 15) is 9.59 Å². The van der Waals surface area contributed by atoms with Crippen LogP contribution >= 0.6 is 0 Å². The highest BCUT2D eigenvalue weighted by Gasteiger charge is 2.23. The number of Topliss-reactive ketones (excluding diaryl/α,β-unsaturated/α-hetero) is 1. The number of benzene rings is 1. The lowest BCUT2D eigenvalue weighted by atomic mass is 9.94. The van der Waals surface area contributed by atoms with E-state index in [0.717, 1.165) is 22.5 Å². The van der Waals surface area contributed by atoms with Gasteiger partial charge in [-0.25, -0.2) is 4.99 Å². The van der Waals surface area contributed by atoms with Gasteiger partial charge in [0.1, 0.15) is 0 Å². The molecule has 0 heterocycles. The van der Waals surface area contributed by atoms with E-state index in [0.29, 0.717) is 22.6 Å². The summed E-state index contributed by atoms with van der Waals surface area (Å²) in [6, 6.07) is 4.15. The van der Waals surface area contributed by atoms with Crippen molar-refractivity contribution in [3.63, 3.8) is 0 Å². The van der Waals surface area contributed by atoms with Crippen molar-refractivity contribution in [3.05, 3.63) is 46.2 Å². The van der Waals surface area contributed by atoms with Crippen LogP contribution in [0.15, 0.2) is 40.0 Å². The summed E-state index contributed by atoms with van der Waals surface area (Å²) in [7, 11) is 4.00. The summed E-state index contributed by atoms with van der Waals surface area (Å²) < 4.78 is 0. The maximum atomic E-state index is 12.2. The molecule has 0 saturated heterocycles. The number of anilines is 1. The Morgan fingerprint density at radius 3 is 2.12 bits per heavy atom. The minimum Gasteiger partial charge on any atom is -0.378 e. The minimum atomic E-state index is -0.223. The van der Waals surface area contributed by atoms with Crippen molar-refractivity contribution in [2.45, 2.75) is 34.6 Å². The molecule has 5 nitrogen and oxygen atoms in total. The zero-order chi connectivity index (χ0) is 18.9. The van der Waals surface area contributed by atoms with Crippen molar-refractivity contribution in [2.24, 2.45) is 4.99 Å². The first-order valence-corrected chi connectivity index (χ1v) is 8.21. The Labute approximate surface area is 149 Å². The van der Waals surface area contributed by atoms with Crippen LogP contribution in [0.2, 0.25) is 0 Å². The molecule has 0 aliphatic heterocycles. The Balaban J connectivity index is 2.62. The summed E-state index contributed by atoms with van der Waals surface area (Å²) in [5.74, 6) is -0.293. The van der Waals surface area contributed by atoms with Gasteiger partial charge in [-0.3, -0.25) is 9.59 Å². The second-order valence-electron chi connectivity index (χ2n) is 6.66. The van der Waals surface area contributed by atoms with E-state index in [1.807, 2.05) is 32.8 Å². The van der Waals surface area contributed by atoms with Crippen molar-refractivity contribution in [3.8, 4) is 0 Å². The second-order valence-corrected chi connectivity index (χ2v) is 6.66. The van der Waals surface area contributed by atoms with Gasteiger partial charge < -0.3 is 10.2 Å². The summed E-state index contributed by atoms with van der Waals surface area (Å²) in [6.07, 6.45) is 1.74. The van der Waals surface area contributed by atoms with Crippen LogP contribution in [-0.4, -0.2) is 31.5 Å². The summed E-state index contributed by atoms with van der Waals surface area (Å²) >= 11 is 0. The van der Waals surface area contributed by atoms with E-state index in [4.69, 9.17) is 4.99 Å². The van der Waals surface area contributed by atoms with E-state index in [1.165, 1.54) is 6.92 Å². The lowest BCUT2D eigenvalue weighted by Crippen LogP contribution is -2.30. The van der Waals surface area contributed by atoms with Crippen LogP contribution in [0.25, 0.3) is 0 Å². The van der Waals surface area contributed by atoms with Gasteiger partial charge in [-0.15, -0.1) is 0 Å². The molecule has 0 atom stereocenters. The molecule has 0 aromatic heterocycles. The first kappa shape index (κ1) is 18.6. The maximum Gasteiger partial charge on any atom is 0.221 e. The topological polar surface area (TPSA) is 61.8 Å². The molecule has 5 heteroatoms. The highest BCUT2D eigenvalue weighted by molar-refractivity contribution is 6.25. The first-order valence-electron chi connectivity index (χ1n) is 8.21. The van der Waals surface area contributed by atoms with Crippen molar-refractivity contribution < 1.29 is 9.59 Å². The minimum absolute atomic E-state index is 0.0703. The third kappa shape index (κ3) is 3.87. The van der Waals surface area contributed by atoms with E-state index in [1.54, 1.807) is 19.9 Å². The Kier molecular flexibility index (Phi) is 5.26. The number of carbonyl (C=O) groups excluding carboxylic acids is 2. The fourth-order valence-electron chi connectivity index (χ4n) is 2.85. The van der Waals surface area contributed by atoms with Crippen molar-refractivity contribution in [2.75, 3.05) is 19.0 Å².